The maximum absolute atomic E-state index is 12.0. The Balaban J connectivity index is 1.51. The van der Waals surface area contributed by atoms with Crippen molar-refractivity contribution in [1.29, 1.82) is 0 Å². The van der Waals surface area contributed by atoms with Crippen molar-refractivity contribution in [2.75, 3.05) is 5.32 Å². The third-order valence-electron chi connectivity index (χ3n) is 3.30. The zero-order valence-corrected chi connectivity index (χ0v) is 14.0. The molecule has 24 heavy (non-hydrogen) atoms. The zero-order valence-electron chi connectivity index (χ0n) is 13.2. The highest BCUT2D eigenvalue weighted by atomic mass is 32.2. The average Bonchev–Trinajstić information content (AvgIpc) is 3.03. The first-order chi connectivity index (χ1) is 11.7. The van der Waals surface area contributed by atoms with Crippen LogP contribution in [0, 0.1) is 6.92 Å². The van der Waals surface area contributed by atoms with Gasteiger partial charge in [0.2, 0.25) is 11.8 Å². The molecule has 0 atom stereocenters. The number of amides is 1. The van der Waals surface area contributed by atoms with Crippen molar-refractivity contribution < 1.29 is 9.21 Å². The lowest BCUT2D eigenvalue weighted by Crippen LogP contribution is -2.14. The van der Waals surface area contributed by atoms with E-state index in [0.29, 0.717) is 11.6 Å². The van der Waals surface area contributed by atoms with Crippen LogP contribution in [0.25, 0.3) is 0 Å². The predicted octanol–water partition coefficient (Wildman–Crippen LogP) is 3.85. The molecule has 0 unspecified atom stereocenters. The molecule has 1 N–H and O–H groups in total. The molecule has 0 saturated carbocycles. The quantitative estimate of drug-likeness (QED) is 0.691. The first-order valence-electron chi connectivity index (χ1n) is 7.55. The number of benzene rings is 2. The molecule has 0 fully saturated rings. The van der Waals surface area contributed by atoms with Gasteiger partial charge in [-0.3, -0.25) is 10.1 Å². The minimum atomic E-state index is -0.176. The monoisotopic (exact) mass is 339 g/mol. The van der Waals surface area contributed by atoms with Gasteiger partial charge in [-0.2, -0.15) is 0 Å². The normalized spacial score (nSPS) is 10.5. The molecule has 0 aliphatic carbocycles. The van der Waals surface area contributed by atoms with Crippen LogP contribution in [0.2, 0.25) is 0 Å². The molecule has 0 saturated heterocycles. The third-order valence-corrected chi connectivity index (χ3v) is 4.30. The van der Waals surface area contributed by atoms with Crippen molar-refractivity contribution in [1.82, 2.24) is 10.2 Å². The number of hydrogen-bond acceptors (Lipinski definition) is 5. The Bertz CT molecular complexity index is 801. The number of carbonyl (C=O) groups excluding carboxylic acids is 1. The van der Waals surface area contributed by atoms with Gasteiger partial charge in [-0.1, -0.05) is 53.1 Å². The van der Waals surface area contributed by atoms with Gasteiger partial charge in [0, 0.05) is 4.90 Å². The van der Waals surface area contributed by atoms with Crippen LogP contribution in [0.4, 0.5) is 6.01 Å². The second-order valence-corrected chi connectivity index (χ2v) is 6.36. The minimum Gasteiger partial charge on any atom is -0.407 e. The molecule has 6 heteroatoms. The van der Waals surface area contributed by atoms with Crippen molar-refractivity contribution >= 4 is 23.7 Å². The highest BCUT2D eigenvalue weighted by Gasteiger charge is 2.10. The Morgan fingerprint density at radius 3 is 2.58 bits per heavy atom. The van der Waals surface area contributed by atoms with Crippen molar-refractivity contribution in [3.8, 4) is 0 Å². The van der Waals surface area contributed by atoms with Crippen LogP contribution >= 0.6 is 11.8 Å². The van der Waals surface area contributed by atoms with E-state index in [1.165, 1.54) is 0 Å². The lowest BCUT2D eigenvalue weighted by Gasteiger charge is -2.01. The van der Waals surface area contributed by atoms with Crippen molar-refractivity contribution in [2.24, 2.45) is 0 Å². The zero-order chi connectivity index (χ0) is 16.8. The van der Waals surface area contributed by atoms with Crippen LogP contribution in [0.15, 0.2) is 63.9 Å². The Labute approximate surface area is 144 Å². The van der Waals surface area contributed by atoms with E-state index in [2.05, 4.69) is 15.5 Å². The highest BCUT2D eigenvalue weighted by Crippen LogP contribution is 2.22. The molecule has 3 aromatic rings. The molecule has 1 amide bonds. The van der Waals surface area contributed by atoms with E-state index in [-0.39, 0.29) is 18.3 Å². The van der Waals surface area contributed by atoms with E-state index in [9.17, 15) is 4.79 Å². The van der Waals surface area contributed by atoms with E-state index in [0.717, 1.165) is 16.0 Å². The molecule has 1 heterocycles. The van der Waals surface area contributed by atoms with Gasteiger partial charge in [0.25, 0.3) is 0 Å². The fourth-order valence-corrected chi connectivity index (χ4v) is 2.84. The molecule has 0 aliphatic heterocycles. The Hall–Kier alpha value is -2.60. The summed E-state index contributed by atoms with van der Waals surface area (Å²) in [5, 5.41) is 10.4. The first-order valence-corrected chi connectivity index (χ1v) is 8.53. The SMILES string of the molecule is Cc1ccc(CC(=O)Nc2nnc(CSc3ccccc3)o2)cc1. The minimum absolute atomic E-state index is 0.135. The van der Waals surface area contributed by atoms with Gasteiger partial charge in [-0.05, 0) is 24.6 Å². The van der Waals surface area contributed by atoms with E-state index >= 15 is 0 Å². The molecule has 0 aliphatic rings. The maximum Gasteiger partial charge on any atom is 0.322 e. The van der Waals surface area contributed by atoms with Crippen LogP contribution in [0.5, 0.6) is 0 Å². The van der Waals surface area contributed by atoms with Crippen LogP contribution in [0.3, 0.4) is 0 Å². The number of thioether (sulfide) groups is 1. The summed E-state index contributed by atoms with van der Waals surface area (Å²) in [5.41, 5.74) is 2.11. The van der Waals surface area contributed by atoms with Crippen LogP contribution in [0.1, 0.15) is 17.0 Å². The Morgan fingerprint density at radius 1 is 1.08 bits per heavy atom. The number of nitrogens with one attached hydrogen (secondary N) is 1. The molecule has 2 aromatic carbocycles. The summed E-state index contributed by atoms with van der Waals surface area (Å²) in [4.78, 5) is 13.1. The smallest absolute Gasteiger partial charge is 0.322 e. The predicted molar refractivity (Wildman–Crippen MR) is 93.8 cm³/mol. The average molecular weight is 339 g/mol. The maximum atomic E-state index is 12.0. The summed E-state index contributed by atoms with van der Waals surface area (Å²) in [6.07, 6.45) is 0.275. The fourth-order valence-electron chi connectivity index (χ4n) is 2.08. The number of anilines is 1. The van der Waals surface area contributed by atoms with Gasteiger partial charge < -0.3 is 4.42 Å². The summed E-state index contributed by atoms with van der Waals surface area (Å²) in [5.74, 6) is 0.865. The molecular formula is C18H17N3O2S. The second kappa shape index (κ2) is 7.79. The van der Waals surface area contributed by atoms with Gasteiger partial charge in [-0.25, -0.2) is 0 Å². The van der Waals surface area contributed by atoms with E-state index in [1.54, 1.807) is 11.8 Å². The third kappa shape index (κ3) is 4.70. The van der Waals surface area contributed by atoms with Crippen molar-refractivity contribution in [3.63, 3.8) is 0 Å². The summed E-state index contributed by atoms with van der Waals surface area (Å²) >= 11 is 1.60. The Kier molecular flexibility index (Phi) is 5.28. The first kappa shape index (κ1) is 16.3. The second-order valence-electron chi connectivity index (χ2n) is 5.31. The number of aryl methyl sites for hydroxylation is 1. The summed E-state index contributed by atoms with van der Waals surface area (Å²) in [6, 6.07) is 17.9. The molecule has 0 radical (unpaired) electrons. The topological polar surface area (TPSA) is 68.0 Å². The number of nitrogens with zero attached hydrogens (tertiary/aromatic N) is 2. The summed E-state index contributed by atoms with van der Waals surface area (Å²) < 4.78 is 5.46. The molecular weight excluding hydrogens is 322 g/mol. The van der Waals surface area contributed by atoms with Crippen LogP contribution in [-0.4, -0.2) is 16.1 Å². The van der Waals surface area contributed by atoms with Gasteiger partial charge in [-0.15, -0.1) is 16.9 Å². The summed E-state index contributed by atoms with van der Waals surface area (Å²) in [7, 11) is 0. The lowest BCUT2D eigenvalue weighted by atomic mass is 10.1. The van der Waals surface area contributed by atoms with Crippen LogP contribution < -0.4 is 5.32 Å². The molecule has 0 bridgehead atoms. The summed E-state index contributed by atoms with van der Waals surface area (Å²) in [6.45, 7) is 2.01. The van der Waals surface area contributed by atoms with Gasteiger partial charge >= 0.3 is 6.01 Å². The molecule has 3 rings (SSSR count). The highest BCUT2D eigenvalue weighted by molar-refractivity contribution is 7.98. The number of rotatable bonds is 6. The van der Waals surface area contributed by atoms with E-state index in [1.807, 2.05) is 61.5 Å². The van der Waals surface area contributed by atoms with E-state index < -0.39 is 0 Å². The lowest BCUT2D eigenvalue weighted by molar-refractivity contribution is -0.115. The Morgan fingerprint density at radius 2 is 1.83 bits per heavy atom. The van der Waals surface area contributed by atoms with Gasteiger partial charge in [0.15, 0.2) is 0 Å². The van der Waals surface area contributed by atoms with Crippen LogP contribution in [-0.2, 0) is 17.0 Å². The number of aromatic nitrogens is 2. The van der Waals surface area contributed by atoms with Crippen molar-refractivity contribution in [3.05, 3.63) is 71.6 Å². The van der Waals surface area contributed by atoms with Crippen molar-refractivity contribution in [2.45, 2.75) is 24.0 Å². The fraction of sp³-hybridized carbons (Fsp3) is 0.167. The van der Waals surface area contributed by atoms with Gasteiger partial charge in [0.1, 0.15) is 0 Å². The van der Waals surface area contributed by atoms with E-state index in [4.69, 9.17) is 4.42 Å². The number of carbonyl (C=O) groups is 1. The number of hydrogen-bond donors (Lipinski definition) is 1. The molecule has 1 aromatic heterocycles. The molecule has 5 nitrogen and oxygen atoms in total. The standard InChI is InChI=1S/C18H17N3O2S/c1-13-7-9-14(10-8-13)11-16(22)19-18-21-20-17(23-18)12-24-15-5-3-2-4-6-15/h2-10H,11-12H2,1H3,(H,19,21,22). The molecule has 0 spiro atoms. The molecule has 122 valence electrons. The van der Waals surface area contributed by atoms with Gasteiger partial charge in [0.05, 0.1) is 12.2 Å². The largest absolute Gasteiger partial charge is 0.407 e.